The van der Waals surface area contributed by atoms with Gasteiger partial charge in [0.15, 0.2) is 0 Å². The quantitative estimate of drug-likeness (QED) is 0.395. The second-order valence-electron chi connectivity index (χ2n) is 1.30. The maximum atomic E-state index is 3.13. The van der Waals surface area contributed by atoms with Crippen molar-refractivity contribution in [2.24, 2.45) is 0 Å². The Bertz CT molecular complexity index is 155. The van der Waals surface area contributed by atoms with E-state index in [0.29, 0.717) is 0 Å². The van der Waals surface area contributed by atoms with Gasteiger partial charge in [-0.05, 0) is 12.2 Å². The first-order chi connectivity index (χ1) is 3.43. The monoisotopic (exact) mass is 104 g/mol. The second kappa shape index (κ2) is 1.87. The maximum absolute atomic E-state index is 3.13. The van der Waals surface area contributed by atoms with Crippen LogP contribution in [0.2, 0.25) is 0 Å². The normalized spacial score (nSPS) is 15.1. The van der Waals surface area contributed by atoms with E-state index in [1.54, 1.807) is 0 Å². The Balaban J connectivity index is 3.00. The van der Waals surface area contributed by atoms with Gasteiger partial charge >= 0.3 is 0 Å². The van der Waals surface area contributed by atoms with Crippen LogP contribution in [0.4, 0.5) is 0 Å². The summed E-state index contributed by atoms with van der Waals surface area (Å²) in [6.07, 6.45) is 7.91. The molecule has 2 radical (unpaired) electrons. The van der Waals surface area contributed by atoms with Crippen molar-refractivity contribution in [3.05, 3.63) is 29.9 Å². The zero-order valence-electron chi connectivity index (χ0n) is 3.81. The summed E-state index contributed by atoms with van der Waals surface area (Å²) in [6.45, 7) is 0. The van der Waals surface area contributed by atoms with Crippen LogP contribution in [0, 0.1) is 0 Å². The first-order valence-corrected chi connectivity index (χ1v) is 2.58. The van der Waals surface area contributed by atoms with Gasteiger partial charge in [-0.15, -0.1) is 5.33 Å². The van der Waals surface area contributed by atoms with Gasteiger partial charge in [0.05, 0.1) is 0 Å². The summed E-state index contributed by atoms with van der Waals surface area (Å²) in [5.41, 5.74) is 1.09. The van der Waals surface area contributed by atoms with E-state index in [9.17, 15) is 0 Å². The molecule has 0 amide bonds. The smallest absolute Gasteiger partial charge is 0.104 e. The van der Waals surface area contributed by atoms with Crippen LogP contribution < -0.4 is 0 Å². The molecule has 0 saturated carbocycles. The van der Waals surface area contributed by atoms with E-state index in [1.807, 2.05) is 24.3 Å². The number of allylic oxidation sites excluding steroid dienone is 5. The van der Waals surface area contributed by atoms with E-state index in [2.05, 4.69) is 15.2 Å². The first kappa shape index (κ1) is 4.50. The summed E-state index contributed by atoms with van der Waals surface area (Å²) >= 11 is 0. The molecule has 7 heavy (non-hydrogen) atoms. The molecule has 0 fully saturated rings. The fraction of sp³-hybridized carbons (Fsp3) is 0. The predicted molar refractivity (Wildman–Crippen MR) is 32.6 cm³/mol. The van der Waals surface area contributed by atoms with E-state index in [4.69, 9.17) is 0 Å². The zero-order valence-corrected chi connectivity index (χ0v) is 4.81. The summed E-state index contributed by atoms with van der Waals surface area (Å²) in [5, 5.41) is 2.81. The van der Waals surface area contributed by atoms with Gasteiger partial charge in [0.25, 0.3) is 0 Å². The van der Waals surface area contributed by atoms with Crippen molar-refractivity contribution in [1.82, 2.24) is 0 Å². The Morgan fingerprint density at radius 2 is 1.86 bits per heavy atom. The molecular formula is C6H4Si. The van der Waals surface area contributed by atoms with E-state index in [-0.39, 0.29) is 0 Å². The van der Waals surface area contributed by atoms with Crippen molar-refractivity contribution in [2.45, 2.75) is 0 Å². The third-order valence-electron chi connectivity index (χ3n) is 0.807. The number of rotatable bonds is 0. The van der Waals surface area contributed by atoms with E-state index in [1.165, 1.54) is 0 Å². The molecule has 0 N–H and O–H groups in total. The minimum Gasteiger partial charge on any atom is -0.147 e. The van der Waals surface area contributed by atoms with Crippen LogP contribution in [0.3, 0.4) is 0 Å². The molecule has 1 rings (SSSR count). The topological polar surface area (TPSA) is 0 Å². The van der Waals surface area contributed by atoms with Crippen LogP contribution in [-0.2, 0) is 0 Å². The SMILES string of the molecule is [Si]=C=C1C=CC=C1. The molecule has 0 atom stereocenters. The van der Waals surface area contributed by atoms with Crippen molar-refractivity contribution in [2.75, 3.05) is 0 Å². The van der Waals surface area contributed by atoms with E-state index < -0.39 is 0 Å². The summed E-state index contributed by atoms with van der Waals surface area (Å²) < 4.78 is 0. The summed E-state index contributed by atoms with van der Waals surface area (Å²) in [5.74, 6) is 0. The van der Waals surface area contributed by atoms with Crippen molar-refractivity contribution in [3.63, 3.8) is 0 Å². The Labute approximate surface area is 45.9 Å². The molecule has 0 bridgehead atoms. The van der Waals surface area contributed by atoms with Gasteiger partial charge in [0, 0.05) is 5.57 Å². The van der Waals surface area contributed by atoms with Crippen LogP contribution >= 0.6 is 0 Å². The minimum absolute atomic E-state index is 1.09. The molecule has 0 unspecified atom stereocenters. The summed E-state index contributed by atoms with van der Waals surface area (Å²) in [7, 11) is 3.13. The van der Waals surface area contributed by atoms with Crippen LogP contribution in [0.5, 0.6) is 0 Å². The molecule has 32 valence electrons. The standard InChI is InChI=1S/C6H4Si/c7-5-6-3-1-2-4-6/h1-4H. The molecule has 0 aromatic carbocycles. The molecule has 0 nitrogen and oxygen atoms in total. The van der Waals surface area contributed by atoms with Gasteiger partial charge in [-0.1, -0.05) is 12.2 Å². The highest BCUT2D eigenvalue weighted by Gasteiger charge is 1.83. The van der Waals surface area contributed by atoms with Crippen LogP contribution in [0.25, 0.3) is 0 Å². The second-order valence-corrected chi connectivity index (χ2v) is 1.55. The Hall–Kier alpha value is -0.653. The van der Waals surface area contributed by atoms with Crippen molar-refractivity contribution >= 4 is 15.2 Å². The lowest BCUT2D eigenvalue weighted by Crippen LogP contribution is -1.62. The molecule has 0 aromatic heterocycles. The van der Waals surface area contributed by atoms with Gasteiger partial charge in [-0.2, -0.15) is 0 Å². The molecule has 0 aromatic rings. The minimum atomic E-state index is 1.09. The predicted octanol–water partition coefficient (Wildman–Crippen LogP) is 0.608. The lowest BCUT2D eigenvalue weighted by Gasteiger charge is -1.72. The molecule has 0 aliphatic heterocycles. The van der Waals surface area contributed by atoms with Crippen molar-refractivity contribution < 1.29 is 0 Å². The maximum Gasteiger partial charge on any atom is 0.104 e. The highest BCUT2D eigenvalue weighted by molar-refractivity contribution is 6.26. The molecule has 0 spiro atoms. The highest BCUT2D eigenvalue weighted by atomic mass is 28.1. The van der Waals surface area contributed by atoms with E-state index >= 15 is 0 Å². The third kappa shape index (κ3) is 0.860. The average molecular weight is 104 g/mol. The zero-order chi connectivity index (χ0) is 5.11. The molecule has 1 aliphatic carbocycles. The summed E-state index contributed by atoms with van der Waals surface area (Å²) in [4.78, 5) is 0. The van der Waals surface area contributed by atoms with Crippen LogP contribution in [0.1, 0.15) is 0 Å². The number of hydrogen-bond acceptors (Lipinski definition) is 0. The Morgan fingerprint density at radius 1 is 1.29 bits per heavy atom. The first-order valence-electron chi connectivity index (χ1n) is 2.08. The van der Waals surface area contributed by atoms with Gasteiger partial charge in [0.2, 0.25) is 0 Å². The van der Waals surface area contributed by atoms with Gasteiger partial charge in [0.1, 0.15) is 9.85 Å². The van der Waals surface area contributed by atoms with Gasteiger partial charge < -0.3 is 0 Å². The van der Waals surface area contributed by atoms with Crippen LogP contribution in [0.15, 0.2) is 29.9 Å². The Kier molecular flexibility index (Phi) is 1.20. The van der Waals surface area contributed by atoms with Crippen molar-refractivity contribution in [1.29, 1.82) is 0 Å². The average Bonchev–Trinajstić information content (AvgIpc) is 2.14. The van der Waals surface area contributed by atoms with Crippen LogP contribution in [-0.4, -0.2) is 15.2 Å². The number of hydrogen-bond donors (Lipinski definition) is 0. The van der Waals surface area contributed by atoms with E-state index in [0.717, 1.165) is 5.57 Å². The molecule has 1 aliphatic rings. The van der Waals surface area contributed by atoms with Crippen molar-refractivity contribution in [3.8, 4) is 0 Å². The van der Waals surface area contributed by atoms with Gasteiger partial charge in [-0.25, -0.2) is 0 Å². The summed E-state index contributed by atoms with van der Waals surface area (Å²) in [6, 6.07) is 0. The largest absolute Gasteiger partial charge is 0.147 e. The van der Waals surface area contributed by atoms with Gasteiger partial charge in [-0.3, -0.25) is 0 Å². The molecule has 1 heteroatoms. The highest BCUT2D eigenvalue weighted by Crippen LogP contribution is 2.00. The fourth-order valence-corrected chi connectivity index (χ4v) is 0.624. The Morgan fingerprint density at radius 3 is 2.14 bits per heavy atom. The fourth-order valence-electron chi connectivity index (χ4n) is 0.457. The lowest BCUT2D eigenvalue weighted by atomic mass is 10.3. The third-order valence-corrected chi connectivity index (χ3v) is 1.10. The molecular weight excluding hydrogens is 100 g/mol. The molecule has 0 saturated heterocycles. The lowest BCUT2D eigenvalue weighted by molar-refractivity contribution is 1.92. The molecule has 0 heterocycles.